The lowest BCUT2D eigenvalue weighted by molar-refractivity contribution is 0.261. The Morgan fingerprint density at radius 2 is 2.24 bits per heavy atom. The van der Waals surface area contributed by atoms with E-state index in [4.69, 9.17) is 9.73 Å². The van der Waals surface area contributed by atoms with E-state index in [0.717, 1.165) is 36.3 Å². The number of aromatic nitrogens is 3. The van der Waals surface area contributed by atoms with Crippen molar-refractivity contribution in [3.8, 4) is 5.75 Å². The van der Waals surface area contributed by atoms with Crippen molar-refractivity contribution >= 4 is 17.7 Å². The van der Waals surface area contributed by atoms with E-state index in [1.165, 1.54) is 24.2 Å². The summed E-state index contributed by atoms with van der Waals surface area (Å²) in [5.41, 5.74) is 1.18. The number of para-hydroxylation sites is 1. The minimum absolute atomic E-state index is 0.177. The van der Waals surface area contributed by atoms with Gasteiger partial charge in [0, 0.05) is 30.3 Å². The minimum Gasteiger partial charge on any atom is -0.493 e. The molecule has 0 amide bonds. The number of fused-ring (bicyclic) bond motifs is 1. The van der Waals surface area contributed by atoms with Gasteiger partial charge in [-0.25, -0.2) is 4.99 Å². The van der Waals surface area contributed by atoms with Gasteiger partial charge in [-0.2, -0.15) is 11.8 Å². The maximum atomic E-state index is 5.82. The summed E-state index contributed by atoms with van der Waals surface area (Å²) in [6, 6.07) is 8.42. The second-order valence-corrected chi connectivity index (χ2v) is 9.70. The number of aliphatic imine (C=N–C) groups is 1. The Bertz CT molecular complexity index is 874. The normalized spacial score (nSPS) is 24.1. The average Bonchev–Trinajstić information content (AvgIpc) is 3.31. The number of benzene rings is 1. The molecule has 2 N–H and O–H groups in total. The van der Waals surface area contributed by atoms with Gasteiger partial charge in [-0.1, -0.05) is 18.2 Å². The third-order valence-corrected chi connectivity index (χ3v) is 7.30. The van der Waals surface area contributed by atoms with Crippen molar-refractivity contribution in [2.45, 2.75) is 50.4 Å². The van der Waals surface area contributed by atoms with Crippen molar-refractivity contribution in [1.29, 1.82) is 0 Å². The van der Waals surface area contributed by atoms with Gasteiger partial charge < -0.3 is 19.9 Å². The molecular weight excluding hydrogens is 384 g/mol. The summed E-state index contributed by atoms with van der Waals surface area (Å²) < 4.78 is 8.06. The van der Waals surface area contributed by atoms with Crippen LogP contribution in [0.3, 0.4) is 0 Å². The lowest BCUT2D eigenvalue weighted by Gasteiger charge is -2.30. The maximum absolute atomic E-state index is 5.82. The van der Waals surface area contributed by atoms with Crippen LogP contribution in [0.1, 0.15) is 49.4 Å². The number of thioether (sulfide) groups is 1. The quantitative estimate of drug-likeness (QED) is 0.579. The summed E-state index contributed by atoms with van der Waals surface area (Å²) in [6.07, 6.45) is 3.43. The summed E-state index contributed by atoms with van der Waals surface area (Å²) >= 11 is 2.05. The van der Waals surface area contributed by atoms with Crippen LogP contribution in [0.4, 0.5) is 0 Å². The highest BCUT2D eigenvalue weighted by Crippen LogP contribution is 2.37. The van der Waals surface area contributed by atoms with Gasteiger partial charge >= 0.3 is 0 Å². The molecule has 2 atom stereocenters. The van der Waals surface area contributed by atoms with E-state index < -0.39 is 0 Å². The number of ether oxygens (including phenoxy) is 1. The van der Waals surface area contributed by atoms with Crippen molar-refractivity contribution in [3.05, 3.63) is 41.5 Å². The molecule has 2 aliphatic rings. The molecule has 0 saturated carbocycles. The van der Waals surface area contributed by atoms with Gasteiger partial charge in [0.1, 0.15) is 18.1 Å². The Labute approximate surface area is 176 Å². The monoisotopic (exact) mass is 414 g/mol. The van der Waals surface area contributed by atoms with Crippen LogP contribution in [0, 0.1) is 6.92 Å². The molecule has 0 radical (unpaired) electrons. The van der Waals surface area contributed by atoms with Crippen LogP contribution in [-0.4, -0.2) is 44.4 Å². The Kier molecular flexibility index (Phi) is 5.99. The van der Waals surface area contributed by atoms with Crippen molar-refractivity contribution in [2.75, 3.05) is 18.9 Å². The zero-order valence-electron chi connectivity index (χ0n) is 17.4. The first kappa shape index (κ1) is 20.1. The average molecular weight is 415 g/mol. The Balaban J connectivity index is 1.51. The standard InChI is InChI=1S/C21H30N6OS/c1-15-25-26-19(27(15)3)13-22-20(23-14-21(2)10-6-12-29-21)24-17-9-11-28-18-8-5-4-7-16(17)18/h4-5,7-8,17H,6,9-14H2,1-3H3,(H2,22,23,24). The molecule has 156 valence electrons. The number of aryl methyl sites for hydroxylation is 1. The lowest BCUT2D eigenvalue weighted by atomic mass is 10.0. The topological polar surface area (TPSA) is 76.4 Å². The molecule has 1 aromatic carbocycles. The van der Waals surface area contributed by atoms with Crippen molar-refractivity contribution in [3.63, 3.8) is 0 Å². The molecule has 1 fully saturated rings. The molecule has 8 heteroatoms. The first-order chi connectivity index (χ1) is 14.0. The SMILES string of the molecule is Cc1nnc(CN=C(NCC2(C)CCCS2)NC2CCOc3ccccc32)n1C. The first-order valence-electron chi connectivity index (χ1n) is 10.3. The number of guanidine groups is 1. The highest BCUT2D eigenvalue weighted by molar-refractivity contribution is 8.00. The molecule has 0 spiro atoms. The van der Waals surface area contributed by atoms with Gasteiger partial charge in [0.15, 0.2) is 11.8 Å². The Morgan fingerprint density at radius 1 is 1.38 bits per heavy atom. The predicted octanol–water partition coefficient (Wildman–Crippen LogP) is 2.97. The number of hydrogen-bond donors (Lipinski definition) is 2. The number of rotatable bonds is 5. The Hall–Kier alpha value is -2.22. The largest absolute Gasteiger partial charge is 0.493 e. The second-order valence-electron chi connectivity index (χ2n) is 8.01. The Morgan fingerprint density at radius 3 is 3.00 bits per heavy atom. The van der Waals surface area contributed by atoms with Gasteiger partial charge in [0.05, 0.1) is 12.6 Å². The van der Waals surface area contributed by atoms with Crippen LogP contribution in [0.2, 0.25) is 0 Å². The third kappa shape index (κ3) is 4.69. The van der Waals surface area contributed by atoms with E-state index in [0.29, 0.717) is 13.2 Å². The van der Waals surface area contributed by atoms with Gasteiger partial charge in [0.2, 0.25) is 0 Å². The van der Waals surface area contributed by atoms with Crippen LogP contribution in [0.15, 0.2) is 29.3 Å². The fourth-order valence-electron chi connectivity index (χ4n) is 3.80. The summed E-state index contributed by atoms with van der Waals surface area (Å²) in [5.74, 6) is 4.77. The predicted molar refractivity (Wildman–Crippen MR) is 117 cm³/mol. The van der Waals surface area contributed by atoms with Crippen LogP contribution in [-0.2, 0) is 13.6 Å². The molecule has 7 nitrogen and oxygen atoms in total. The van der Waals surface area contributed by atoms with Crippen LogP contribution in [0.25, 0.3) is 0 Å². The third-order valence-electron chi connectivity index (χ3n) is 5.76. The molecule has 0 bridgehead atoms. The van der Waals surface area contributed by atoms with Gasteiger partial charge in [-0.05, 0) is 38.5 Å². The molecule has 2 unspecified atom stereocenters. The van der Waals surface area contributed by atoms with E-state index in [-0.39, 0.29) is 10.8 Å². The molecule has 0 aliphatic carbocycles. The van der Waals surface area contributed by atoms with Crippen molar-refractivity contribution < 1.29 is 4.74 Å². The van der Waals surface area contributed by atoms with E-state index in [9.17, 15) is 0 Å². The lowest BCUT2D eigenvalue weighted by Crippen LogP contribution is -2.45. The summed E-state index contributed by atoms with van der Waals surface area (Å²) in [7, 11) is 1.98. The van der Waals surface area contributed by atoms with Crippen molar-refractivity contribution in [2.24, 2.45) is 12.0 Å². The first-order valence-corrected chi connectivity index (χ1v) is 11.3. The molecule has 4 rings (SSSR count). The molecule has 2 aliphatic heterocycles. The van der Waals surface area contributed by atoms with E-state index in [1.807, 2.05) is 42.4 Å². The summed E-state index contributed by atoms with van der Waals surface area (Å²) in [4.78, 5) is 4.85. The molecule has 2 aromatic rings. The highest BCUT2D eigenvalue weighted by Gasteiger charge is 2.30. The van der Waals surface area contributed by atoms with Crippen LogP contribution < -0.4 is 15.4 Å². The smallest absolute Gasteiger partial charge is 0.192 e. The zero-order valence-corrected chi connectivity index (χ0v) is 18.3. The zero-order chi connectivity index (χ0) is 20.3. The molecular formula is C21H30N6OS. The molecule has 3 heterocycles. The fourth-order valence-corrected chi connectivity index (χ4v) is 5.04. The minimum atomic E-state index is 0.177. The van der Waals surface area contributed by atoms with Crippen LogP contribution in [0.5, 0.6) is 5.75 Å². The molecule has 1 saturated heterocycles. The molecule has 29 heavy (non-hydrogen) atoms. The van der Waals surface area contributed by atoms with E-state index in [1.54, 1.807) is 0 Å². The van der Waals surface area contributed by atoms with Gasteiger partial charge in [-0.3, -0.25) is 0 Å². The number of nitrogens with zero attached hydrogens (tertiary/aromatic N) is 4. The number of hydrogen-bond acceptors (Lipinski definition) is 5. The fraction of sp³-hybridized carbons (Fsp3) is 0.571. The summed E-state index contributed by atoms with van der Waals surface area (Å²) in [5, 5.41) is 15.6. The second kappa shape index (κ2) is 8.65. The summed E-state index contributed by atoms with van der Waals surface area (Å²) in [6.45, 7) is 6.38. The van der Waals surface area contributed by atoms with Crippen molar-refractivity contribution in [1.82, 2.24) is 25.4 Å². The van der Waals surface area contributed by atoms with E-state index >= 15 is 0 Å². The van der Waals surface area contributed by atoms with E-state index in [2.05, 4.69) is 39.9 Å². The molecule has 1 aromatic heterocycles. The van der Waals surface area contributed by atoms with Crippen LogP contribution >= 0.6 is 11.8 Å². The maximum Gasteiger partial charge on any atom is 0.192 e. The highest BCUT2D eigenvalue weighted by atomic mass is 32.2. The van der Waals surface area contributed by atoms with Gasteiger partial charge in [-0.15, -0.1) is 10.2 Å². The number of nitrogens with one attached hydrogen (secondary N) is 2. The van der Waals surface area contributed by atoms with Gasteiger partial charge in [0.25, 0.3) is 0 Å².